The number of hydrogen-bond acceptors (Lipinski definition) is 7. The topological polar surface area (TPSA) is 136 Å². The van der Waals surface area contributed by atoms with Crippen molar-refractivity contribution in [3.63, 3.8) is 0 Å². The molecule has 1 aliphatic heterocycles. The average molecular weight is 443 g/mol. The number of rotatable bonds is 7. The van der Waals surface area contributed by atoms with Gasteiger partial charge in [-0.1, -0.05) is 19.9 Å². The predicted molar refractivity (Wildman–Crippen MR) is 111 cm³/mol. The van der Waals surface area contributed by atoms with Gasteiger partial charge in [-0.2, -0.15) is 0 Å². The van der Waals surface area contributed by atoms with Crippen LogP contribution in [0.3, 0.4) is 0 Å². The highest BCUT2D eigenvalue weighted by Crippen LogP contribution is 2.56. The van der Waals surface area contributed by atoms with E-state index in [9.17, 15) is 29.3 Å². The summed E-state index contributed by atoms with van der Waals surface area (Å²) in [4.78, 5) is 62.5. The molecule has 1 aromatic carbocycles. The molecule has 4 rings (SSSR count). The van der Waals surface area contributed by atoms with Crippen molar-refractivity contribution < 1.29 is 28.8 Å². The zero-order chi connectivity index (χ0) is 23.2. The van der Waals surface area contributed by atoms with Crippen molar-refractivity contribution in [1.82, 2.24) is 4.90 Å². The summed E-state index contributed by atoms with van der Waals surface area (Å²) in [5, 5.41) is 13.3. The number of anilines is 1. The van der Waals surface area contributed by atoms with Crippen LogP contribution in [0.2, 0.25) is 0 Å². The van der Waals surface area contributed by atoms with E-state index in [1.54, 1.807) is 13.8 Å². The third-order valence-corrected chi connectivity index (χ3v) is 6.80. The van der Waals surface area contributed by atoms with Gasteiger partial charge in [0.1, 0.15) is 6.04 Å². The molecule has 1 aromatic rings. The molecule has 10 heteroatoms. The highest BCUT2D eigenvalue weighted by atomic mass is 16.6. The summed E-state index contributed by atoms with van der Waals surface area (Å²) in [5.74, 6) is -2.76. The van der Waals surface area contributed by atoms with Crippen molar-refractivity contribution in [2.24, 2.45) is 29.6 Å². The Kier molecular flexibility index (Phi) is 5.70. The van der Waals surface area contributed by atoms with Gasteiger partial charge < -0.3 is 10.1 Å². The quantitative estimate of drug-likeness (QED) is 0.295. The third kappa shape index (κ3) is 3.74. The van der Waals surface area contributed by atoms with Crippen LogP contribution in [0.15, 0.2) is 24.3 Å². The molecular formula is C22H25N3O7. The minimum atomic E-state index is -1.09. The Labute approximate surface area is 184 Å². The van der Waals surface area contributed by atoms with Crippen LogP contribution in [0.1, 0.15) is 33.1 Å². The Morgan fingerprint density at radius 2 is 1.81 bits per heavy atom. The molecule has 1 N–H and O–H groups in total. The summed E-state index contributed by atoms with van der Waals surface area (Å²) in [6, 6.07) is 4.27. The van der Waals surface area contributed by atoms with Crippen LogP contribution in [-0.2, 0) is 23.9 Å². The van der Waals surface area contributed by atoms with Crippen LogP contribution >= 0.6 is 0 Å². The highest BCUT2D eigenvalue weighted by molar-refractivity contribution is 6.08. The molecule has 2 saturated carbocycles. The minimum absolute atomic E-state index is 0.189. The summed E-state index contributed by atoms with van der Waals surface area (Å²) < 4.78 is 5.15. The van der Waals surface area contributed by atoms with Gasteiger partial charge in [-0.25, -0.2) is 4.79 Å². The Bertz CT molecular complexity index is 963. The van der Waals surface area contributed by atoms with E-state index in [1.165, 1.54) is 24.3 Å². The molecule has 5 atom stereocenters. The van der Waals surface area contributed by atoms with Crippen molar-refractivity contribution in [3.05, 3.63) is 34.4 Å². The van der Waals surface area contributed by atoms with Gasteiger partial charge in [0, 0.05) is 17.8 Å². The number of likely N-dealkylation sites (tertiary alicyclic amines) is 1. The molecule has 1 saturated heterocycles. The molecule has 3 fully saturated rings. The summed E-state index contributed by atoms with van der Waals surface area (Å²) >= 11 is 0. The molecule has 0 aromatic heterocycles. The second-order valence-corrected chi connectivity index (χ2v) is 9.08. The normalized spacial score (nSPS) is 26.9. The number of nitrogens with one attached hydrogen (secondary N) is 1. The molecule has 170 valence electrons. The third-order valence-electron chi connectivity index (χ3n) is 6.80. The molecule has 0 radical (unpaired) electrons. The first-order valence-electron chi connectivity index (χ1n) is 10.8. The molecule has 3 aliphatic rings. The number of carbonyl (C=O) groups is 4. The minimum Gasteiger partial charge on any atom is -0.454 e. The molecular weight excluding hydrogens is 418 g/mol. The van der Waals surface area contributed by atoms with E-state index in [1.807, 2.05) is 0 Å². The van der Waals surface area contributed by atoms with Gasteiger partial charge in [-0.15, -0.1) is 0 Å². The first kappa shape index (κ1) is 21.9. The average Bonchev–Trinajstić information content (AvgIpc) is 3.42. The molecule has 2 bridgehead atoms. The zero-order valence-corrected chi connectivity index (χ0v) is 17.9. The van der Waals surface area contributed by atoms with Gasteiger partial charge in [0.2, 0.25) is 11.8 Å². The lowest BCUT2D eigenvalue weighted by Gasteiger charge is -2.28. The van der Waals surface area contributed by atoms with Gasteiger partial charge in [-0.3, -0.25) is 29.4 Å². The number of nitrogens with zero attached hydrogens (tertiary/aromatic N) is 2. The Hall–Kier alpha value is -3.30. The van der Waals surface area contributed by atoms with Gasteiger partial charge in [0.25, 0.3) is 11.6 Å². The lowest BCUT2D eigenvalue weighted by atomic mass is 9.81. The van der Waals surface area contributed by atoms with Crippen LogP contribution in [0, 0.1) is 39.7 Å². The fraction of sp³-hybridized carbons (Fsp3) is 0.545. The smallest absolute Gasteiger partial charge is 0.330 e. The predicted octanol–water partition coefficient (Wildman–Crippen LogP) is 2.13. The second kappa shape index (κ2) is 8.33. The molecule has 0 unspecified atom stereocenters. The van der Waals surface area contributed by atoms with Gasteiger partial charge in [0.15, 0.2) is 6.61 Å². The number of nitro groups is 1. The van der Waals surface area contributed by atoms with Crippen LogP contribution in [0.4, 0.5) is 11.4 Å². The van der Waals surface area contributed by atoms with E-state index in [4.69, 9.17) is 4.74 Å². The number of benzene rings is 1. The molecule has 3 amide bonds. The van der Waals surface area contributed by atoms with Crippen LogP contribution in [-0.4, -0.2) is 46.2 Å². The van der Waals surface area contributed by atoms with Crippen molar-refractivity contribution in [1.29, 1.82) is 0 Å². The number of imide groups is 1. The fourth-order valence-electron chi connectivity index (χ4n) is 5.50. The molecule has 0 spiro atoms. The molecule has 1 heterocycles. The lowest BCUT2D eigenvalue weighted by molar-refractivity contribution is -0.384. The van der Waals surface area contributed by atoms with E-state index in [0.717, 1.165) is 24.2 Å². The van der Waals surface area contributed by atoms with E-state index in [0.29, 0.717) is 0 Å². The summed E-state index contributed by atoms with van der Waals surface area (Å²) in [6.07, 6.45) is 2.77. The maximum atomic E-state index is 13.1. The van der Waals surface area contributed by atoms with E-state index >= 15 is 0 Å². The van der Waals surface area contributed by atoms with Crippen LogP contribution < -0.4 is 5.32 Å². The maximum Gasteiger partial charge on any atom is 0.330 e. The van der Waals surface area contributed by atoms with Crippen LogP contribution in [0.25, 0.3) is 0 Å². The second-order valence-electron chi connectivity index (χ2n) is 9.08. The maximum absolute atomic E-state index is 13.1. The lowest BCUT2D eigenvalue weighted by Crippen LogP contribution is -2.50. The first-order chi connectivity index (χ1) is 15.2. The number of esters is 1. The largest absolute Gasteiger partial charge is 0.454 e. The summed E-state index contributed by atoms with van der Waals surface area (Å²) in [7, 11) is 0. The number of amides is 3. The number of non-ortho nitro benzene ring substituents is 1. The van der Waals surface area contributed by atoms with Gasteiger partial charge in [0.05, 0.1) is 16.8 Å². The standard InChI is InChI=1S/C22H25N3O7/c1-11(2)19(24-20(27)17-12-6-7-13(8-12)18(17)21(24)28)22(29)32-10-16(26)23-14-4-3-5-15(9-14)25(30)31/h3-5,9,11-13,17-19H,6-8,10H2,1-2H3,(H,23,26)/t12-,13-,17+,18+,19+/m0/s1. The van der Waals surface area contributed by atoms with Crippen molar-refractivity contribution >= 4 is 35.1 Å². The van der Waals surface area contributed by atoms with E-state index in [-0.39, 0.29) is 52.8 Å². The monoisotopic (exact) mass is 443 g/mol. The Morgan fingerprint density at radius 3 is 2.38 bits per heavy atom. The molecule has 10 nitrogen and oxygen atoms in total. The number of fused-ring (bicyclic) bond motifs is 5. The van der Waals surface area contributed by atoms with Crippen molar-refractivity contribution in [2.45, 2.75) is 39.2 Å². The highest BCUT2D eigenvalue weighted by Gasteiger charge is 2.62. The Balaban J connectivity index is 1.40. The summed E-state index contributed by atoms with van der Waals surface area (Å²) in [6.45, 7) is 2.80. The number of carbonyl (C=O) groups excluding carboxylic acids is 4. The SMILES string of the molecule is CC(C)[C@H](C(=O)OCC(=O)Nc1cccc([N+](=O)[O-])c1)N1C(=O)[C@@H]2[C@H]3CC[C@@H](C3)[C@H]2C1=O. The van der Waals surface area contributed by atoms with Crippen LogP contribution in [0.5, 0.6) is 0 Å². The molecule has 2 aliphatic carbocycles. The number of ether oxygens (including phenoxy) is 1. The number of nitro benzene ring substituents is 1. The Morgan fingerprint density at radius 1 is 1.19 bits per heavy atom. The van der Waals surface area contributed by atoms with E-state index < -0.39 is 29.4 Å². The zero-order valence-electron chi connectivity index (χ0n) is 17.9. The summed E-state index contributed by atoms with van der Waals surface area (Å²) in [5.41, 5.74) is -0.000836. The first-order valence-corrected chi connectivity index (χ1v) is 10.8. The fourth-order valence-corrected chi connectivity index (χ4v) is 5.50. The van der Waals surface area contributed by atoms with Gasteiger partial charge in [-0.05, 0) is 43.1 Å². The van der Waals surface area contributed by atoms with E-state index in [2.05, 4.69) is 5.32 Å². The number of hydrogen-bond donors (Lipinski definition) is 1. The van der Waals surface area contributed by atoms with Gasteiger partial charge >= 0.3 is 5.97 Å². The van der Waals surface area contributed by atoms with Crippen molar-refractivity contribution in [3.8, 4) is 0 Å². The van der Waals surface area contributed by atoms with Crippen molar-refractivity contribution in [2.75, 3.05) is 11.9 Å². The molecule has 32 heavy (non-hydrogen) atoms.